The molecule has 0 saturated heterocycles. The Morgan fingerprint density at radius 3 is 2.14 bits per heavy atom. The van der Waals surface area contributed by atoms with E-state index in [0.29, 0.717) is 18.8 Å². The number of anilines is 1. The molecule has 0 atom stereocenters. The van der Waals surface area contributed by atoms with Gasteiger partial charge in [-0.1, -0.05) is 15.9 Å². The summed E-state index contributed by atoms with van der Waals surface area (Å²) in [5, 5.41) is 3.00. The van der Waals surface area contributed by atoms with Crippen LogP contribution in [0.2, 0.25) is 0 Å². The van der Waals surface area contributed by atoms with Crippen molar-refractivity contribution >= 4 is 21.6 Å². The molecule has 0 fully saturated rings. The number of halogens is 4. The predicted molar refractivity (Wildman–Crippen MR) is 79.6 cm³/mol. The lowest BCUT2D eigenvalue weighted by atomic mass is 10.2. The Hall–Kier alpha value is -1.69. The number of hydrogen-bond donors (Lipinski definition) is 1. The molecule has 6 heteroatoms. The molecule has 0 aliphatic carbocycles. The highest BCUT2D eigenvalue weighted by molar-refractivity contribution is 9.10. The standard InChI is InChI=1S/C15H13BrF3NO/c16-12-3-7-14(8-4-12)21-10-9-20-13-5-1-11(2-6-13)15(17,18)19/h1-8,20H,9-10H2. The molecule has 0 saturated carbocycles. The van der Waals surface area contributed by atoms with E-state index >= 15 is 0 Å². The van der Waals surface area contributed by atoms with E-state index in [1.54, 1.807) is 0 Å². The van der Waals surface area contributed by atoms with Crippen LogP contribution in [0.5, 0.6) is 5.75 Å². The Bertz CT molecular complexity index is 567. The lowest BCUT2D eigenvalue weighted by Crippen LogP contribution is -2.11. The van der Waals surface area contributed by atoms with Crippen LogP contribution in [0.25, 0.3) is 0 Å². The van der Waals surface area contributed by atoms with E-state index in [0.717, 1.165) is 22.4 Å². The van der Waals surface area contributed by atoms with Crippen molar-refractivity contribution in [1.82, 2.24) is 0 Å². The van der Waals surface area contributed by atoms with Gasteiger partial charge in [-0.3, -0.25) is 0 Å². The number of nitrogens with one attached hydrogen (secondary N) is 1. The average molecular weight is 360 g/mol. The molecule has 2 nitrogen and oxygen atoms in total. The Balaban J connectivity index is 1.77. The van der Waals surface area contributed by atoms with Gasteiger partial charge in [0.05, 0.1) is 5.56 Å². The minimum absolute atomic E-state index is 0.419. The third-order valence-electron chi connectivity index (χ3n) is 2.73. The van der Waals surface area contributed by atoms with Crippen LogP contribution in [-0.2, 0) is 6.18 Å². The van der Waals surface area contributed by atoms with Crippen LogP contribution in [0.3, 0.4) is 0 Å². The Labute approximate surface area is 129 Å². The van der Waals surface area contributed by atoms with Gasteiger partial charge in [0.1, 0.15) is 12.4 Å². The molecule has 1 N–H and O–H groups in total. The number of rotatable bonds is 5. The molecule has 0 unspecified atom stereocenters. The van der Waals surface area contributed by atoms with Gasteiger partial charge in [-0.2, -0.15) is 13.2 Å². The zero-order valence-corrected chi connectivity index (χ0v) is 12.5. The van der Waals surface area contributed by atoms with Crippen LogP contribution < -0.4 is 10.1 Å². The summed E-state index contributed by atoms with van der Waals surface area (Å²) in [4.78, 5) is 0. The van der Waals surface area contributed by atoms with Gasteiger partial charge >= 0.3 is 6.18 Å². The average Bonchev–Trinajstić information content (AvgIpc) is 2.45. The van der Waals surface area contributed by atoms with E-state index in [1.165, 1.54) is 12.1 Å². The molecule has 0 heterocycles. The third kappa shape index (κ3) is 4.97. The minimum atomic E-state index is -4.30. The summed E-state index contributed by atoms with van der Waals surface area (Å²) >= 11 is 3.33. The summed E-state index contributed by atoms with van der Waals surface area (Å²) < 4.78 is 43.7. The largest absolute Gasteiger partial charge is 0.492 e. The molecule has 112 valence electrons. The highest BCUT2D eigenvalue weighted by Gasteiger charge is 2.29. The fourth-order valence-corrected chi connectivity index (χ4v) is 1.94. The normalized spacial score (nSPS) is 11.2. The van der Waals surface area contributed by atoms with Crippen molar-refractivity contribution in [2.45, 2.75) is 6.18 Å². The van der Waals surface area contributed by atoms with E-state index in [9.17, 15) is 13.2 Å². The van der Waals surface area contributed by atoms with Crippen molar-refractivity contribution in [1.29, 1.82) is 0 Å². The van der Waals surface area contributed by atoms with Gasteiger partial charge < -0.3 is 10.1 Å². The second-order valence-corrected chi connectivity index (χ2v) is 5.22. The number of hydrogen-bond acceptors (Lipinski definition) is 2. The van der Waals surface area contributed by atoms with Crippen molar-refractivity contribution in [3.8, 4) is 5.75 Å². The van der Waals surface area contributed by atoms with Gasteiger partial charge in [0.15, 0.2) is 0 Å². The van der Waals surface area contributed by atoms with E-state index in [1.807, 2.05) is 24.3 Å². The predicted octanol–water partition coefficient (Wildman–Crippen LogP) is 4.96. The summed E-state index contributed by atoms with van der Waals surface area (Å²) in [5.74, 6) is 0.743. The fraction of sp³-hybridized carbons (Fsp3) is 0.200. The third-order valence-corrected chi connectivity index (χ3v) is 3.25. The van der Waals surface area contributed by atoms with Crippen molar-refractivity contribution < 1.29 is 17.9 Å². The maximum absolute atomic E-state index is 12.4. The Morgan fingerprint density at radius 2 is 1.57 bits per heavy atom. The molecular weight excluding hydrogens is 347 g/mol. The first-order valence-corrected chi connectivity index (χ1v) is 7.04. The van der Waals surface area contributed by atoms with Gasteiger partial charge in [0, 0.05) is 16.7 Å². The molecule has 2 aromatic rings. The smallest absolute Gasteiger partial charge is 0.416 e. The number of alkyl halides is 3. The topological polar surface area (TPSA) is 21.3 Å². The van der Waals surface area contributed by atoms with E-state index in [2.05, 4.69) is 21.2 Å². The van der Waals surface area contributed by atoms with Crippen LogP contribution in [-0.4, -0.2) is 13.2 Å². The van der Waals surface area contributed by atoms with E-state index in [-0.39, 0.29) is 0 Å². The van der Waals surface area contributed by atoms with Crippen LogP contribution in [0.4, 0.5) is 18.9 Å². The fourth-order valence-electron chi connectivity index (χ4n) is 1.67. The van der Waals surface area contributed by atoms with Gasteiger partial charge in [0.2, 0.25) is 0 Å². The van der Waals surface area contributed by atoms with Crippen molar-refractivity contribution in [2.75, 3.05) is 18.5 Å². The second kappa shape index (κ2) is 6.85. The second-order valence-electron chi connectivity index (χ2n) is 4.30. The molecule has 2 aromatic carbocycles. The zero-order chi connectivity index (χ0) is 15.3. The molecule has 0 aliphatic heterocycles. The number of benzene rings is 2. The number of ether oxygens (including phenoxy) is 1. The summed E-state index contributed by atoms with van der Waals surface area (Å²) in [7, 11) is 0. The van der Waals surface area contributed by atoms with E-state index in [4.69, 9.17) is 4.74 Å². The Morgan fingerprint density at radius 1 is 0.952 bits per heavy atom. The maximum atomic E-state index is 12.4. The molecule has 2 rings (SSSR count). The quantitative estimate of drug-likeness (QED) is 0.761. The van der Waals surface area contributed by atoms with Gasteiger partial charge in [0.25, 0.3) is 0 Å². The summed E-state index contributed by atoms with van der Waals surface area (Å²) in [6.07, 6.45) is -4.30. The molecular formula is C15H13BrF3NO. The summed E-state index contributed by atoms with van der Waals surface area (Å²) in [6, 6.07) is 12.3. The first-order valence-electron chi connectivity index (χ1n) is 6.25. The van der Waals surface area contributed by atoms with Crippen LogP contribution in [0, 0.1) is 0 Å². The Kier molecular flexibility index (Phi) is 5.12. The first kappa shape index (κ1) is 15.7. The highest BCUT2D eigenvalue weighted by atomic mass is 79.9. The molecule has 0 aromatic heterocycles. The van der Waals surface area contributed by atoms with Gasteiger partial charge in [-0.05, 0) is 48.5 Å². The van der Waals surface area contributed by atoms with E-state index < -0.39 is 11.7 Å². The van der Waals surface area contributed by atoms with Gasteiger partial charge in [-0.25, -0.2) is 0 Å². The van der Waals surface area contributed by atoms with Crippen LogP contribution in [0.15, 0.2) is 53.0 Å². The van der Waals surface area contributed by atoms with Crippen LogP contribution in [0.1, 0.15) is 5.56 Å². The zero-order valence-electron chi connectivity index (χ0n) is 11.0. The lowest BCUT2D eigenvalue weighted by molar-refractivity contribution is -0.137. The molecule has 0 amide bonds. The van der Waals surface area contributed by atoms with Crippen molar-refractivity contribution in [3.63, 3.8) is 0 Å². The SMILES string of the molecule is FC(F)(F)c1ccc(NCCOc2ccc(Br)cc2)cc1. The summed E-state index contributed by atoms with van der Waals surface area (Å²) in [5.41, 5.74) is -0.0263. The maximum Gasteiger partial charge on any atom is 0.416 e. The molecule has 0 bridgehead atoms. The van der Waals surface area contributed by atoms with Crippen molar-refractivity contribution in [2.24, 2.45) is 0 Å². The van der Waals surface area contributed by atoms with Crippen molar-refractivity contribution in [3.05, 3.63) is 58.6 Å². The highest BCUT2D eigenvalue weighted by Crippen LogP contribution is 2.29. The van der Waals surface area contributed by atoms with Gasteiger partial charge in [-0.15, -0.1) is 0 Å². The molecule has 0 aliphatic rings. The molecule has 0 spiro atoms. The molecule has 0 radical (unpaired) electrons. The van der Waals surface area contributed by atoms with Crippen LogP contribution >= 0.6 is 15.9 Å². The first-order chi connectivity index (χ1) is 9.95. The monoisotopic (exact) mass is 359 g/mol. The molecule has 21 heavy (non-hydrogen) atoms. The minimum Gasteiger partial charge on any atom is -0.492 e. The lowest BCUT2D eigenvalue weighted by Gasteiger charge is -2.10. The summed E-state index contributed by atoms with van der Waals surface area (Å²) in [6.45, 7) is 0.921.